The second-order valence-electron chi connectivity index (χ2n) is 6.38. The molecule has 30 heavy (non-hydrogen) atoms. The van der Waals surface area contributed by atoms with E-state index >= 15 is 0 Å². The lowest BCUT2D eigenvalue weighted by Crippen LogP contribution is -2.49. The molecule has 0 heterocycles. The van der Waals surface area contributed by atoms with Gasteiger partial charge >= 0.3 is 5.97 Å². The van der Waals surface area contributed by atoms with Crippen molar-refractivity contribution in [3.8, 4) is 0 Å². The molecule has 0 saturated heterocycles. The third-order valence-corrected chi connectivity index (χ3v) is 4.34. The van der Waals surface area contributed by atoms with Crippen molar-refractivity contribution < 1.29 is 24.3 Å². The van der Waals surface area contributed by atoms with Crippen LogP contribution in [0, 0.1) is 0 Å². The molecule has 0 spiro atoms. The Bertz CT molecular complexity index is 724. The van der Waals surface area contributed by atoms with Crippen LogP contribution in [-0.2, 0) is 25.6 Å². The van der Waals surface area contributed by atoms with Crippen LogP contribution in [0.15, 0.2) is 24.3 Å². The maximum atomic E-state index is 12.4. The van der Waals surface area contributed by atoms with Crippen LogP contribution in [0.1, 0.15) is 12.5 Å². The quantitative estimate of drug-likeness (QED) is 0.314. The van der Waals surface area contributed by atoms with Gasteiger partial charge in [0.2, 0.25) is 17.7 Å². The van der Waals surface area contributed by atoms with E-state index in [0.29, 0.717) is 24.8 Å². The van der Waals surface area contributed by atoms with E-state index in [1.54, 1.807) is 0 Å². The fourth-order valence-corrected chi connectivity index (χ4v) is 3.04. The first-order valence-corrected chi connectivity index (χ1v) is 10.3. The molecule has 1 aromatic rings. The smallest absolute Gasteiger partial charge is 0.322 e. The zero-order valence-corrected chi connectivity index (χ0v) is 18.1. The molecule has 0 aliphatic carbocycles. The topological polar surface area (TPSA) is 128 Å². The molecule has 0 aliphatic heterocycles. The van der Waals surface area contributed by atoms with E-state index in [2.05, 4.69) is 16.0 Å². The lowest BCUT2D eigenvalue weighted by atomic mass is 10.0. The molecular formula is C19H26Cl2N4O5. The predicted octanol–water partition coefficient (Wildman–Crippen LogP) is 0.335. The average Bonchev–Trinajstić information content (AvgIpc) is 2.70. The number of nitrogens with one attached hydrogen (secondary N) is 3. The van der Waals surface area contributed by atoms with Crippen molar-refractivity contribution in [2.45, 2.75) is 19.4 Å². The van der Waals surface area contributed by atoms with Gasteiger partial charge in [0.25, 0.3) is 0 Å². The number of rotatable bonds is 13. The molecule has 0 aromatic heterocycles. The number of hydrogen-bond donors (Lipinski definition) is 4. The summed E-state index contributed by atoms with van der Waals surface area (Å²) in [7, 11) is 0. The lowest BCUT2D eigenvalue weighted by Gasteiger charge is -2.23. The van der Waals surface area contributed by atoms with Gasteiger partial charge in [-0.3, -0.25) is 19.2 Å². The van der Waals surface area contributed by atoms with Gasteiger partial charge in [0, 0.05) is 43.9 Å². The maximum absolute atomic E-state index is 12.4. The van der Waals surface area contributed by atoms with Gasteiger partial charge in [0.1, 0.15) is 12.6 Å². The largest absolute Gasteiger partial charge is 0.480 e. The molecule has 11 heteroatoms. The number of benzene rings is 1. The number of carbonyl (C=O) groups excluding carboxylic acids is 3. The van der Waals surface area contributed by atoms with E-state index in [1.807, 2.05) is 29.2 Å². The van der Waals surface area contributed by atoms with Crippen LogP contribution >= 0.6 is 23.2 Å². The van der Waals surface area contributed by atoms with E-state index in [-0.39, 0.29) is 6.42 Å². The number of amides is 3. The van der Waals surface area contributed by atoms with Crippen LogP contribution < -0.4 is 20.9 Å². The van der Waals surface area contributed by atoms with Gasteiger partial charge in [0.05, 0.1) is 6.54 Å². The van der Waals surface area contributed by atoms with Gasteiger partial charge in [0.15, 0.2) is 0 Å². The van der Waals surface area contributed by atoms with E-state index in [9.17, 15) is 19.2 Å². The summed E-state index contributed by atoms with van der Waals surface area (Å²) in [6.45, 7) is 1.65. The number of nitrogens with zero attached hydrogens (tertiary/aromatic N) is 1. The van der Waals surface area contributed by atoms with Gasteiger partial charge in [-0.1, -0.05) is 12.1 Å². The van der Waals surface area contributed by atoms with Crippen molar-refractivity contribution in [2.75, 3.05) is 42.8 Å². The maximum Gasteiger partial charge on any atom is 0.322 e. The van der Waals surface area contributed by atoms with Gasteiger partial charge in [-0.15, -0.1) is 23.2 Å². The van der Waals surface area contributed by atoms with Crippen molar-refractivity contribution in [2.24, 2.45) is 0 Å². The third kappa shape index (κ3) is 9.80. The van der Waals surface area contributed by atoms with E-state index in [1.165, 1.54) is 6.92 Å². The molecule has 4 N–H and O–H groups in total. The molecule has 0 radical (unpaired) electrons. The lowest BCUT2D eigenvalue weighted by molar-refractivity contribution is -0.138. The fraction of sp³-hybridized carbons (Fsp3) is 0.474. The summed E-state index contributed by atoms with van der Waals surface area (Å²) in [5.41, 5.74) is 1.75. The molecule has 0 unspecified atom stereocenters. The summed E-state index contributed by atoms with van der Waals surface area (Å²) in [6, 6.07) is 6.56. The van der Waals surface area contributed by atoms with Gasteiger partial charge in [-0.25, -0.2) is 0 Å². The Morgan fingerprint density at radius 3 is 2.10 bits per heavy atom. The molecular weight excluding hydrogens is 435 g/mol. The SMILES string of the molecule is CC(=O)N[C@@H](Cc1ccc(N(CCCl)CCCl)cc1)C(=O)NCC(=O)NCC(=O)O. The molecule has 1 atom stereocenters. The van der Waals surface area contributed by atoms with Crippen molar-refractivity contribution in [3.05, 3.63) is 29.8 Å². The number of hydrogen-bond acceptors (Lipinski definition) is 5. The van der Waals surface area contributed by atoms with Crippen molar-refractivity contribution in [1.82, 2.24) is 16.0 Å². The van der Waals surface area contributed by atoms with Crippen molar-refractivity contribution in [3.63, 3.8) is 0 Å². The Labute approximate surface area is 185 Å². The highest BCUT2D eigenvalue weighted by Crippen LogP contribution is 2.16. The number of carboxylic acid groups (broad SMARTS) is 1. The number of carbonyl (C=O) groups is 4. The first kappa shape index (κ1) is 25.5. The standard InChI is InChI=1S/C19H26Cl2N4O5/c1-13(26)24-16(19(30)23-11-17(27)22-12-18(28)29)10-14-2-4-15(5-3-14)25(8-6-20)9-7-21/h2-5,16H,6-12H2,1H3,(H,22,27)(H,23,30)(H,24,26)(H,28,29)/t16-/m0/s1. The molecule has 166 valence electrons. The van der Waals surface area contributed by atoms with Crippen molar-refractivity contribution in [1.29, 1.82) is 0 Å². The van der Waals surface area contributed by atoms with Crippen LogP contribution in [0.2, 0.25) is 0 Å². The van der Waals surface area contributed by atoms with Crippen LogP contribution in [0.3, 0.4) is 0 Å². The summed E-state index contributed by atoms with van der Waals surface area (Å²) in [6.07, 6.45) is 0.216. The monoisotopic (exact) mass is 460 g/mol. The second kappa shape index (κ2) is 13.7. The van der Waals surface area contributed by atoms with E-state index in [0.717, 1.165) is 11.3 Å². The summed E-state index contributed by atoms with van der Waals surface area (Å²) in [5, 5.41) is 15.6. The third-order valence-electron chi connectivity index (χ3n) is 4.00. The van der Waals surface area contributed by atoms with Gasteiger partial charge in [-0.05, 0) is 17.7 Å². The van der Waals surface area contributed by atoms with Crippen LogP contribution in [0.25, 0.3) is 0 Å². The Balaban J connectivity index is 2.74. The summed E-state index contributed by atoms with van der Waals surface area (Å²) in [5.74, 6) is -1.85. The minimum absolute atomic E-state index is 0.216. The first-order chi connectivity index (χ1) is 14.3. The van der Waals surface area contributed by atoms with Gasteiger partial charge in [-0.2, -0.15) is 0 Å². The molecule has 0 bridgehead atoms. The Hall–Kier alpha value is -2.52. The highest BCUT2D eigenvalue weighted by molar-refractivity contribution is 6.18. The fourth-order valence-electron chi connectivity index (χ4n) is 2.63. The summed E-state index contributed by atoms with van der Waals surface area (Å²) < 4.78 is 0. The molecule has 0 fully saturated rings. The van der Waals surface area contributed by atoms with Gasteiger partial charge < -0.3 is 26.0 Å². The number of alkyl halides is 2. The Morgan fingerprint density at radius 2 is 1.60 bits per heavy atom. The van der Waals surface area contributed by atoms with Crippen molar-refractivity contribution >= 4 is 52.6 Å². The number of carboxylic acids is 1. The highest BCUT2D eigenvalue weighted by atomic mass is 35.5. The number of anilines is 1. The highest BCUT2D eigenvalue weighted by Gasteiger charge is 2.21. The molecule has 1 aromatic carbocycles. The Kier molecular flexibility index (Phi) is 11.6. The second-order valence-corrected chi connectivity index (χ2v) is 7.13. The molecule has 0 saturated carbocycles. The predicted molar refractivity (Wildman–Crippen MR) is 115 cm³/mol. The van der Waals surface area contributed by atoms with Crippen LogP contribution in [0.5, 0.6) is 0 Å². The summed E-state index contributed by atoms with van der Waals surface area (Å²) >= 11 is 11.7. The zero-order chi connectivity index (χ0) is 22.5. The van der Waals surface area contributed by atoms with Crippen LogP contribution in [0.4, 0.5) is 5.69 Å². The minimum Gasteiger partial charge on any atom is -0.480 e. The number of aliphatic carboxylic acids is 1. The molecule has 3 amide bonds. The summed E-state index contributed by atoms with van der Waals surface area (Å²) in [4.78, 5) is 47.9. The van der Waals surface area contributed by atoms with Crippen LogP contribution in [-0.4, -0.2) is 72.8 Å². The van der Waals surface area contributed by atoms with E-state index in [4.69, 9.17) is 28.3 Å². The molecule has 9 nitrogen and oxygen atoms in total. The van der Waals surface area contributed by atoms with E-state index < -0.39 is 42.8 Å². The molecule has 1 rings (SSSR count). The first-order valence-electron chi connectivity index (χ1n) is 9.26. The minimum atomic E-state index is -1.19. The average molecular weight is 461 g/mol. The molecule has 0 aliphatic rings. The zero-order valence-electron chi connectivity index (χ0n) is 16.6. The Morgan fingerprint density at radius 1 is 1.00 bits per heavy atom. The number of halogens is 2. The normalized spacial score (nSPS) is 11.3.